The number of hydrogen-bond acceptors (Lipinski definition) is 4. The standard InChI is InChI=1S/C26H25Cl2N5OS/c1-16-8-11-21(12-9-16)33-24(31-32-26(33)35-15-19-7-5-4-6-17(19)2)18(3)29-25(34)30-20-10-13-22(27)23(28)14-20/h4-14,18H,15H2,1-3H3,(H2,29,30,34)/t18-/m1/s1. The second-order valence-electron chi connectivity index (χ2n) is 8.18. The van der Waals surface area contributed by atoms with Gasteiger partial charge in [-0.2, -0.15) is 0 Å². The highest BCUT2D eigenvalue weighted by Crippen LogP contribution is 2.29. The van der Waals surface area contributed by atoms with Crippen LogP contribution in [-0.2, 0) is 5.75 Å². The summed E-state index contributed by atoms with van der Waals surface area (Å²) in [5.74, 6) is 1.39. The molecule has 3 aromatic carbocycles. The van der Waals surface area contributed by atoms with Crippen LogP contribution in [0.1, 0.15) is 35.5 Å². The maximum absolute atomic E-state index is 12.7. The van der Waals surface area contributed by atoms with Crippen molar-refractivity contribution < 1.29 is 4.79 Å². The van der Waals surface area contributed by atoms with E-state index in [1.807, 2.05) is 54.8 Å². The van der Waals surface area contributed by atoms with Crippen LogP contribution in [0.3, 0.4) is 0 Å². The third kappa shape index (κ3) is 6.17. The summed E-state index contributed by atoms with van der Waals surface area (Å²) in [6, 6.07) is 20.6. The Labute approximate surface area is 219 Å². The molecule has 0 saturated heterocycles. The van der Waals surface area contributed by atoms with E-state index in [1.54, 1.807) is 30.0 Å². The lowest BCUT2D eigenvalue weighted by Crippen LogP contribution is -2.32. The summed E-state index contributed by atoms with van der Waals surface area (Å²) in [7, 11) is 0. The van der Waals surface area contributed by atoms with E-state index in [0.717, 1.165) is 22.2 Å². The van der Waals surface area contributed by atoms with Crippen LogP contribution in [0.2, 0.25) is 10.0 Å². The summed E-state index contributed by atoms with van der Waals surface area (Å²) in [4.78, 5) is 12.7. The molecule has 0 fully saturated rings. The maximum Gasteiger partial charge on any atom is 0.319 e. The Morgan fingerprint density at radius 2 is 1.74 bits per heavy atom. The van der Waals surface area contributed by atoms with Gasteiger partial charge in [-0.05, 0) is 62.2 Å². The van der Waals surface area contributed by atoms with Crippen LogP contribution in [0.25, 0.3) is 5.69 Å². The lowest BCUT2D eigenvalue weighted by molar-refractivity contribution is 0.249. The molecule has 1 heterocycles. The third-order valence-corrected chi connectivity index (χ3v) is 7.20. The molecular weight excluding hydrogens is 501 g/mol. The Hall–Kier alpha value is -3.00. The summed E-state index contributed by atoms with van der Waals surface area (Å²) in [6.45, 7) is 6.02. The van der Waals surface area contributed by atoms with Gasteiger partial charge in [0.05, 0.1) is 16.1 Å². The third-order valence-electron chi connectivity index (χ3n) is 5.48. The number of carbonyl (C=O) groups excluding carboxylic acids is 1. The van der Waals surface area contributed by atoms with Crippen molar-refractivity contribution in [1.29, 1.82) is 0 Å². The number of urea groups is 1. The predicted octanol–water partition coefficient (Wildman–Crippen LogP) is 7.37. The first-order chi connectivity index (χ1) is 16.8. The fourth-order valence-electron chi connectivity index (χ4n) is 3.51. The van der Waals surface area contributed by atoms with E-state index in [0.29, 0.717) is 21.6 Å². The van der Waals surface area contributed by atoms with Gasteiger partial charge >= 0.3 is 6.03 Å². The van der Waals surface area contributed by atoms with Gasteiger partial charge in [0.2, 0.25) is 0 Å². The van der Waals surface area contributed by atoms with Crippen LogP contribution >= 0.6 is 35.0 Å². The van der Waals surface area contributed by atoms with Crippen LogP contribution < -0.4 is 10.6 Å². The summed E-state index contributed by atoms with van der Waals surface area (Å²) in [5, 5.41) is 16.2. The Kier molecular flexibility index (Phi) is 8.00. The first kappa shape index (κ1) is 25.1. The van der Waals surface area contributed by atoms with E-state index >= 15 is 0 Å². The van der Waals surface area contributed by atoms with Crippen LogP contribution in [0.15, 0.2) is 71.9 Å². The van der Waals surface area contributed by atoms with Gasteiger partial charge in [0.15, 0.2) is 11.0 Å². The molecule has 0 aliphatic heterocycles. The van der Waals surface area contributed by atoms with Gasteiger partial charge in [-0.1, -0.05) is 76.9 Å². The molecule has 0 aliphatic carbocycles. The number of hydrogen-bond donors (Lipinski definition) is 2. The topological polar surface area (TPSA) is 71.8 Å². The smallest absolute Gasteiger partial charge is 0.319 e. The van der Waals surface area contributed by atoms with Crippen molar-refractivity contribution in [1.82, 2.24) is 20.1 Å². The SMILES string of the molecule is Cc1ccc(-n2c(SCc3ccccc3C)nnc2[C@@H](C)NC(=O)Nc2ccc(Cl)c(Cl)c2)cc1. The molecule has 2 amide bonds. The largest absolute Gasteiger partial charge is 0.328 e. The summed E-state index contributed by atoms with van der Waals surface area (Å²) in [5.41, 5.74) is 5.10. The first-order valence-corrected chi connectivity index (χ1v) is 12.8. The maximum atomic E-state index is 12.7. The number of thioether (sulfide) groups is 1. The zero-order valence-corrected chi connectivity index (χ0v) is 21.9. The fraction of sp³-hybridized carbons (Fsp3) is 0.192. The van der Waals surface area contributed by atoms with E-state index < -0.39 is 6.04 Å². The van der Waals surface area contributed by atoms with E-state index in [9.17, 15) is 4.79 Å². The molecule has 4 rings (SSSR count). The number of nitrogens with one attached hydrogen (secondary N) is 2. The lowest BCUT2D eigenvalue weighted by Gasteiger charge is -2.17. The molecule has 1 aromatic heterocycles. The predicted molar refractivity (Wildman–Crippen MR) is 144 cm³/mol. The van der Waals surface area contributed by atoms with Gasteiger partial charge in [0.25, 0.3) is 0 Å². The molecule has 4 aromatic rings. The average molecular weight is 526 g/mol. The number of aryl methyl sites for hydroxylation is 2. The highest BCUT2D eigenvalue weighted by Gasteiger charge is 2.21. The molecule has 180 valence electrons. The second kappa shape index (κ2) is 11.2. The van der Waals surface area contributed by atoms with Gasteiger partial charge in [-0.15, -0.1) is 10.2 Å². The van der Waals surface area contributed by atoms with E-state index in [-0.39, 0.29) is 6.03 Å². The van der Waals surface area contributed by atoms with Crippen molar-refractivity contribution in [3.8, 4) is 5.69 Å². The molecule has 9 heteroatoms. The Morgan fingerprint density at radius 1 is 1.00 bits per heavy atom. The van der Waals surface area contributed by atoms with Crippen molar-refractivity contribution in [2.24, 2.45) is 0 Å². The van der Waals surface area contributed by atoms with Gasteiger partial charge in [-0.25, -0.2) is 4.79 Å². The van der Waals surface area contributed by atoms with E-state index in [4.69, 9.17) is 23.2 Å². The quantitative estimate of drug-likeness (QED) is 0.247. The van der Waals surface area contributed by atoms with Gasteiger partial charge in [0, 0.05) is 17.1 Å². The molecule has 0 saturated carbocycles. The number of nitrogens with zero attached hydrogens (tertiary/aromatic N) is 3. The molecule has 0 unspecified atom stereocenters. The molecule has 2 N–H and O–H groups in total. The molecule has 1 atom stereocenters. The molecule has 0 aliphatic rings. The minimum Gasteiger partial charge on any atom is -0.328 e. The molecular formula is C26H25Cl2N5OS. The molecule has 0 spiro atoms. The normalized spacial score (nSPS) is 11.8. The van der Waals surface area contributed by atoms with Crippen molar-refractivity contribution in [3.63, 3.8) is 0 Å². The number of amides is 2. The van der Waals surface area contributed by atoms with Crippen molar-refractivity contribution in [2.75, 3.05) is 5.32 Å². The summed E-state index contributed by atoms with van der Waals surface area (Å²) < 4.78 is 1.99. The second-order valence-corrected chi connectivity index (χ2v) is 9.93. The minimum atomic E-state index is -0.417. The van der Waals surface area contributed by atoms with Crippen molar-refractivity contribution in [2.45, 2.75) is 37.7 Å². The number of carbonyl (C=O) groups is 1. The molecule has 6 nitrogen and oxygen atoms in total. The summed E-state index contributed by atoms with van der Waals surface area (Å²) in [6.07, 6.45) is 0. The average Bonchev–Trinajstić information content (AvgIpc) is 3.25. The Morgan fingerprint density at radius 3 is 2.46 bits per heavy atom. The van der Waals surface area contributed by atoms with Crippen molar-refractivity contribution in [3.05, 3.63) is 99.3 Å². The number of anilines is 1. The Bertz CT molecular complexity index is 1340. The zero-order chi connectivity index (χ0) is 24.9. The number of aromatic nitrogens is 3. The van der Waals surface area contributed by atoms with Crippen LogP contribution in [0.4, 0.5) is 10.5 Å². The molecule has 0 bridgehead atoms. The monoisotopic (exact) mass is 525 g/mol. The Balaban J connectivity index is 1.57. The lowest BCUT2D eigenvalue weighted by atomic mass is 10.1. The number of rotatable bonds is 7. The van der Waals surface area contributed by atoms with Gasteiger partial charge < -0.3 is 10.6 Å². The minimum absolute atomic E-state index is 0.368. The molecule has 0 radical (unpaired) electrons. The highest BCUT2D eigenvalue weighted by molar-refractivity contribution is 7.98. The fourth-order valence-corrected chi connectivity index (χ4v) is 4.84. The first-order valence-electron chi connectivity index (χ1n) is 11.0. The van der Waals surface area contributed by atoms with Crippen molar-refractivity contribution >= 4 is 46.7 Å². The van der Waals surface area contributed by atoms with E-state index in [2.05, 4.69) is 39.9 Å². The van der Waals surface area contributed by atoms with E-state index in [1.165, 1.54) is 11.1 Å². The van der Waals surface area contributed by atoms with Crippen LogP contribution in [-0.4, -0.2) is 20.8 Å². The zero-order valence-electron chi connectivity index (χ0n) is 19.5. The highest BCUT2D eigenvalue weighted by atomic mass is 35.5. The summed E-state index contributed by atoms with van der Waals surface area (Å²) >= 11 is 13.6. The van der Waals surface area contributed by atoms with Gasteiger partial charge in [-0.3, -0.25) is 4.57 Å². The van der Waals surface area contributed by atoms with Gasteiger partial charge in [0.1, 0.15) is 0 Å². The van der Waals surface area contributed by atoms with Crippen LogP contribution in [0.5, 0.6) is 0 Å². The number of halogens is 2. The number of benzene rings is 3. The van der Waals surface area contributed by atoms with Crippen LogP contribution in [0, 0.1) is 13.8 Å². The molecule has 35 heavy (non-hydrogen) atoms.